The Morgan fingerprint density at radius 1 is 0.938 bits per heavy atom. The van der Waals surface area contributed by atoms with Crippen LogP contribution in [0.15, 0.2) is 95.4 Å². The van der Waals surface area contributed by atoms with Crippen LogP contribution in [0.3, 0.4) is 0 Å². The van der Waals surface area contributed by atoms with E-state index in [1.54, 1.807) is 12.1 Å². The SMILES string of the molecule is C=c1oc(Cc2ccccc2)c(-c2ccc(-c3cccc([N+](=O)[O-])c3)cc2)/c1=C/C=C\C. The topological polar surface area (TPSA) is 56.3 Å². The second-order valence-electron chi connectivity index (χ2n) is 7.48. The van der Waals surface area contributed by atoms with Crippen LogP contribution in [-0.4, -0.2) is 4.92 Å². The quantitative estimate of drug-likeness (QED) is 0.289. The van der Waals surface area contributed by atoms with Crippen LogP contribution >= 0.6 is 0 Å². The number of nitro groups is 1. The molecule has 4 nitrogen and oxygen atoms in total. The molecule has 1 heterocycles. The van der Waals surface area contributed by atoms with Crippen molar-refractivity contribution in [3.8, 4) is 22.3 Å². The van der Waals surface area contributed by atoms with Crippen molar-refractivity contribution in [1.29, 1.82) is 0 Å². The summed E-state index contributed by atoms with van der Waals surface area (Å²) in [5.74, 6) is 0.861. The number of benzene rings is 3. The van der Waals surface area contributed by atoms with E-state index < -0.39 is 0 Å². The standard InChI is InChI=1S/C28H23NO3/c1-3-4-13-26-20(2)32-27(18-21-9-6-5-7-10-21)28(26)23-16-14-22(15-17-23)24-11-8-12-25(19-24)29(30)31/h3-17,19H,2,18H2,1H3/b4-3-,26-13+. The van der Waals surface area contributed by atoms with Crippen LogP contribution in [0.1, 0.15) is 18.2 Å². The van der Waals surface area contributed by atoms with Gasteiger partial charge in [-0.05, 0) is 29.2 Å². The van der Waals surface area contributed by atoms with E-state index in [1.807, 2.05) is 73.7 Å². The zero-order valence-electron chi connectivity index (χ0n) is 17.8. The Labute approximate surface area is 186 Å². The van der Waals surface area contributed by atoms with Crippen molar-refractivity contribution in [3.63, 3.8) is 0 Å². The normalized spacial score (nSPS) is 11.8. The number of non-ortho nitro benzene ring substituents is 1. The Morgan fingerprint density at radius 3 is 2.34 bits per heavy atom. The number of hydrogen-bond acceptors (Lipinski definition) is 3. The van der Waals surface area contributed by atoms with E-state index in [0.29, 0.717) is 11.8 Å². The molecule has 32 heavy (non-hydrogen) atoms. The van der Waals surface area contributed by atoms with Crippen LogP contribution in [0.4, 0.5) is 5.69 Å². The largest absolute Gasteiger partial charge is 0.461 e. The average Bonchev–Trinajstić information content (AvgIpc) is 3.12. The van der Waals surface area contributed by atoms with Gasteiger partial charge in [0.1, 0.15) is 11.2 Å². The summed E-state index contributed by atoms with van der Waals surface area (Å²) in [6, 6.07) is 24.9. The van der Waals surface area contributed by atoms with E-state index in [4.69, 9.17) is 4.42 Å². The number of hydrogen-bond donors (Lipinski definition) is 0. The lowest BCUT2D eigenvalue weighted by atomic mass is 9.97. The van der Waals surface area contributed by atoms with Crippen LogP contribution in [0.25, 0.3) is 34.9 Å². The first kappa shape index (κ1) is 21.1. The van der Waals surface area contributed by atoms with E-state index in [0.717, 1.165) is 38.8 Å². The Balaban J connectivity index is 1.79. The summed E-state index contributed by atoms with van der Waals surface area (Å²) in [5.41, 5.74) is 5.62. The fraction of sp³-hybridized carbons (Fsp3) is 0.0714. The molecular weight excluding hydrogens is 398 g/mol. The third-order valence-electron chi connectivity index (χ3n) is 5.32. The van der Waals surface area contributed by atoms with Gasteiger partial charge in [0.25, 0.3) is 5.69 Å². The van der Waals surface area contributed by atoms with Gasteiger partial charge in [0, 0.05) is 29.3 Å². The maximum absolute atomic E-state index is 11.1. The number of nitro benzene ring substituents is 1. The van der Waals surface area contributed by atoms with Crippen LogP contribution in [0, 0.1) is 10.1 Å². The van der Waals surface area contributed by atoms with Crippen molar-refractivity contribution in [2.45, 2.75) is 13.3 Å². The Hall–Kier alpha value is -4.18. The third kappa shape index (κ3) is 4.44. The minimum absolute atomic E-state index is 0.0801. The molecule has 0 saturated heterocycles. The summed E-state index contributed by atoms with van der Waals surface area (Å²) in [6.07, 6.45) is 6.63. The molecule has 0 aliphatic carbocycles. The van der Waals surface area contributed by atoms with Gasteiger partial charge in [-0.3, -0.25) is 10.1 Å². The van der Waals surface area contributed by atoms with Gasteiger partial charge in [0.15, 0.2) is 0 Å². The van der Waals surface area contributed by atoms with Gasteiger partial charge in [-0.15, -0.1) is 0 Å². The minimum Gasteiger partial charge on any atom is -0.461 e. The molecule has 4 heteroatoms. The molecule has 4 aromatic rings. The molecule has 0 unspecified atom stereocenters. The van der Waals surface area contributed by atoms with E-state index >= 15 is 0 Å². The zero-order chi connectivity index (χ0) is 22.5. The molecule has 0 bridgehead atoms. The van der Waals surface area contributed by atoms with E-state index in [9.17, 15) is 10.1 Å². The molecule has 0 amide bonds. The van der Waals surface area contributed by atoms with Crippen molar-refractivity contribution in [3.05, 3.63) is 123 Å². The van der Waals surface area contributed by atoms with Crippen LogP contribution in [-0.2, 0) is 6.42 Å². The number of furan rings is 1. The minimum atomic E-state index is -0.377. The summed E-state index contributed by atoms with van der Waals surface area (Å²) in [4.78, 5) is 10.7. The van der Waals surface area contributed by atoms with Crippen molar-refractivity contribution < 1.29 is 9.34 Å². The number of nitrogens with zero attached hydrogens (tertiary/aromatic N) is 1. The molecule has 0 fully saturated rings. The molecule has 0 atom stereocenters. The van der Waals surface area contributed by atoms with Crippen LogP contribution in [0.5, 0.6) is 0 Å². The van der Waals surface area contributed by atoms with E-state index in [1.165, 1.54) is 6.07 Å². The third-order valence-corrected chi connectivity index (χ3v) is 5.32. The maximum atomic E-state index is 11.1. The fourth-order valence-corrected chi connectivity index (χ4v) is 3.76. The highest BCUT2D eigenvalue weighted by atomic mass is 16.6. The van der Waals surface area contributed by atoms with Gasteiger partial charge in [-0.2, -0.15) is 0 Å². The van der Waals surface area contributed by atoms with Crippen molar-refractivity contribution in [2.24, 2.45) is 0 Å². The molecule has 4 rings (SSSR count). The maximum Gasteiger partial charge on any atom is 0.270 e. The predicted molar refractivity (Wildman–Crippen MR) is 130 cm³/mol. The summed E-state index contributed by atoms with van der Waals surface area (Å²) in [5, 5.41) is 12.1. The molecule has 3 aromatic carbocycles. The Morgan fingerprint density at radius 2 is 1.66 bits per heavy atom. The van der Waals surface area contributed by atoms with Gasteiger partial charge in [-0.1, -0.05) is 91.5 Å². The van der Waals surface area contributed by atoms with Crippen molar-refractivity contribution >= 4 is 18.3 Å². The fourth-order valence-electron chi connectivity index (χ4n) is 3.76. The van der Waals surface area contributed by atoms with Crippen LogP contribution < -0.4 is 10.6 Å². The lowest BCUT2D eigenvalue weighted by Gasteiger charge is -2.07. The number of allylic oxidation sites excluding steroid dienone is 2. The first-order valence-electron chi connectivity index (χ1n) is 10.4. The molecule has 0 radical (unpaired) electrons. The highest BCUT2D eigenvalue weighted by Gasteiger charge is 2.14. The second-order valence-corrected chi connectivity index (χ2v) is 7.48. The molecule has 0 saturated carbocycles. The summed E-state index contributed by atoms with van der Waals surface area (Å²) in [7, 11) is 0. The molecular formula is C28H23NO3. The summed E-state index contributed by atoms with van der Waals surface area (Å²) >= 11 is 0. The monoisotopic (exact) mass is 421 g/mol. The molecule has 0 aliphatic heterocycles. The average molecular weight is 421 g/mol. The summed E-state index contributed by atoms with van der Waals surface area (Å²) < 4.78 is 6.11. The molecule has 0 N–H and O–H groups in total. The first-order valence-corrected chi connectivity index (χ1v) is 10.4. The lowest BCUT2D eigenvalue weighted by Crippen LogP contribution is -2.19. The highest BCUT2D eigenvalue weighted by Crippen LogP contribution is 2.28. The predicted octanol–water partition coefficient (Wildman–Crippen LogP) is 5.88. The van der Waals surface area contributed by atoms with Gasteiger partial charge >= 0.3 is 0 Å². The highest BCUT2D eigenvalue weighted by molar-refractivity contribution is 5.74. The van der Waals surface area contributed by atoms with Gasteiger partial charge < -0.3 is 4.42 Å². The molecule has 1 aromatic heterocycles. The molecule has 0 aliphatic rings. The zero-order valence-corrected chi connectivity index (χ0v) is 17.8. The van der Waals surface area contributed by atoms with Gasteiger partial charge in [0.05, 0.1) is 4.92 Å². The van der Waals surface area contributed by atoms with Crippen molar-refractivity contribution in [2.75, 3.05) is 0 Å². The lowest BCUT2D eigenvalue weighted by molar-refractivity contribution is -0.384. The summed E-state index contributed by atoms with van der Waals surface area (Å²) in [6.45, 7) is 6.09. The van der Waals surface area contributed by atoms with E-state index in [2.05, 4.69) is 18.7 Å². The van der Waals surface area contributed by atoms with Crippen LogP contribution in [0.2, 0.25) is 0 Å². The smallest absolute Gasteiger partial charge is 0.270 e. The Bertz CT molecular complexity index is 1380. The van der Waals surface area contributed by atoms with E-state index in [-0.39, 0.29) is 10.6 Å². The molecule has 0 spiro atoms. The first-order chi connectivity index (χ1) is 15.6. The molecule has 158 valence electrons. The second kappa shape index (κ2) is 9.31. The van der Waals surface area contributed by atoms with Gasteiger partial charge in [-0.25, -0.2) is 0 Å². The van der Waals surface area contributed by atoms with Crippen molar-refractivity contribution in [1.82, 2.24) is 0 Å². The Kier molecular flexibility index (Phi) is 6.13. The van der Waals surface area contributed by atoms with Gasteiger partial charge in [0.2, 0.25) is 0 Å². The number of rotatable bonds is 6.